The van der Waals surface area contributed by atoms with E-state index in [2.05, 4.69) is 5.32 Å². The highest BCUT2D eigenvalue weighted by atomic mass is 35.5. The fraction of sp³-hybridized carbons (Fsp3) is 0.600. The summed E-state index contributed by atoms with van der Waals surface area (Å²) in [6.45, 7) is 3.64. The third kappa shape index (κ3) is 6.68. The Balaban J connectivity index is 2.51. The van der Waals surface area contributed by atoms with Crippen LogP contribution in [-0.2, 0) is 9.84 Å². The van der Waals surface area contributed by atoms with Crippen molar-refractivity contribution in [3.8, 4) is 5.75 Å². The molecule has 2 atom stereocenters. The Morgan fingerprint density at radius 1 is 1.38 bits per heavy atom. The van der Waals surface area contributed by atoms with Crippen LogP contribution in [0.15, 0.2) is 24.3 Å². The van der Waals surface area contributed by atoms with Crippen molar-refractivity contribution in [2.24, 2.45) is 0 Å². The first-order valence-electron chi connectivity index (χ1n) is 7.18. The van der Waals surface area contributed by atoms with Gasteiger partial charge in [-0.15, -0.1) is 0 Å². The lowest BCUT2D eigenvalue weighted by Gasteiger charge is -2.24. The first-order valence-corrected chi connectivity index (χ1v) is 9.37. The Morgan fingerprint density at radius 2 is 2.10 bits per heavy atom. The molecule has 1 aromatic rings. The molecule has 6 heteroatoms. The zero-order valence-corrected chi connectivity index (χ0v) is 14.4. The van der Waals surface area contributed by atoms with E-state index in [0.29, 0.717) is 11.4 Å². The van der Waals surface area contributed by atoms with Crippen molar-refractivity contribution in [1.82, 2.24) is 5.32 Å². The number of hydrogen-bond acceptors (Lipinski definition) is 4. The van der Waals surface area contributed by atoms with Crippen LogP contribution >= 0.6 is 11.6 Å². The van der Waals surface area contributed by atoms with Crippen LogP contribution in [0.25, 0.3) is 0 Å². The minimum atomic E-state index is -2.90. The molecule has 0 saturated carbocycles. The SMILES string of the molecule is CCS(=O)(=O)CCCC(NC)C(C)Oc1cccc(Cl)c1. The minimum Gasteiger partial charge on any atom is -0.489 e. The fourth-order valence-corrected chi connectivity index (χ4v) is 3.19. The summed E-state index contributed by atoms with van der Waals surface area (Å²) in [4.78, 5) is 0. The molecule has 0 aliphatic rings. The molecule has 120 valence electrons. The van der Waals surface area contributed by atoms with E-state index in [0.717, 1.165) is 12.2 Å². The highest BCUT2D eigenvalue weighted by Crippen LogP contribution is 2.20. The molecule has 21 heavy (non-hydrogen) atoms. The van der Waals surface area contributed by atoms with Gasteiger partial charge in [0.1, 0.15) is 21.7 Å². The molecule has 0 heterocycles. The van der Waals surface area contributed by atoms with Crippen molar-refractivity contribution in [3.05, 3.63) is 29.3 Å². The van der Waals surface area contributed by atoms with Crippen molar-refractivity contribution in [2.75, 3.05) is 18.6 Å². The van der Waals surface area contributed by atoms with E-state index in [1.165, 1.54) is 0 Å². The van der Waals surface area contributed by atoms with E-state index in [4.69, 9.17) is 16.3 Å². The Labute approximate surface area is 132 Å². The van der Waals surface area contributed by atoms with Gasteiger partial charge in [0.25, 0.3) is 0 Å². The largest absolute Gasteiger partial charge is 0.489 e. The van der Waals surface area contributed by atoms with E-state index in [1.54, 1.807) is 19.1 Å². The Morgan fingerprint density at radius 3 is 2.67 bits per heavy atom. The average Bonchev–Trinajstić information content (AvgIpc) is 2.43. The lowest BCUT2D eigenvalue weighted by Crippen LogP contribution is -2.39. The maximum Gasteiger partial charge on any atom is 0.150 e. The van der Waals surface area contributed by atoms with Crippen molar-refractivity contribution >= 4 is 21.4 Å². The second-order valence-corrected chi connectivity index (χ2v) is 7.96. The van der Waals surface area contributed by atoms with E-state index in [1.807, 2.05) is 26.1 Å². The van der Waals surface area contributed by atoms with Crippen molar-refractivity contribution in [1.29, 1.82) is 0 Å². The van der Waals surface area contributed by atoms with E-state index >= 15 is 0 Å². The van der Waals surface area contributed by atoms with Gasteiger partial charge in [-0.1, -0.05) is 24.6 Å². The predicted molar refractivity (Wildman–Crippen MR) is 88.0 cm³/mol. The molecule has 2 unspecified atom stereocenters. The van der Waals surface area contributed by atoms with Gasteiger partial charge in [-0.3, -0.25) is 0 Å². The van der Waals surface area contributed by atoms with Crippen LogP contribution in [0.4, 0.5) is 0 Å². The summed E-state index contributed by atoms with van der Waals surface area (Å²) < 4.78 is 28.9. The Hall–Kier alpha value is -0.780. The van der Waals surface area contributed by atoms with Gasteiger partial charge in [0.2, 0.25) is 0 Å². The number of benzene rings is 1. The minimum absolute atomic E-state index is 0.0715. The van der Waals surface area contributed by atoms with E-state index < -0.39 is 9.84 Å². The number of ether oxygens (including phenoxy) is 1. The quantitative estimate of drug-likeness (QED) is 0.755. The number of sulfone groups is 1. The zero-order valence-electron chi connectivity index (χ0n) is 12.8. The summed E-state index contributed by atoms with van der Waals surface area (Å²) in [7, 11) is -1.04. The van der Waals surface area contributed by atoms with Gasteiger partial charge in [0, 0.05) is 16.8 Å². The topological polar surface area (TPSA) is 55.4 Å². The molecule has 0 aliphatic carbocycles. The summed E-state index contributed by atoms with van der Waals surface area (Å²) in [6, 6.07) is 7.36. The first-order chi connectivity index (χ1) is 9.88. The lowest BCUT2D eigenvalue weighted by atomic mass is 10.1. The van der Waals surface area contributed by atoms with Gasteiger partial charge in [-0.25, -0.2) is 8.42 Å². The van der Waals surface area contributed by atoms with Gasteiger partial charge in [-0.05, 0) is 45.0 Å². The Kier molecular flexibility index (Phi) is 7.49. The number of nitrogens with one attached hydrogen (secondary N) is 1. The molecule has 4 nitrogen and oxygen atoms in total. The molecule has 0 amide bonds. The number of hydrogen-bond donors (Lipinski definition) is 1. The van der Waals surface area contributed by atoms with E-state index in [-0.39, 0.29) is 23.7 Å². The molecular formula is C15H24ClNO3S. The molecule has 1 rings (SSSR count). The van der Waals surface area contributed by atoms with Crippen molar-refractivity contribution < 1.29 is 13.2 Å². The zero-order chi connectivity index (χ0) is 15.9. The number of likely N-dealkylation sites (N-methyl/N-ethyl adjacent to an activating group) is 1. The van der Waals surface area contributed by atoms with Crippen molar-refractivity contribution in [3.63, 3.8) is 0 Å². The molecule has 0 bridgehead atoms. The summed E-state index contributed by atoms with van der Waals surface area (Å²) >= 11 is 5.93. The van der Waals surface area contributed by atoms with Crippen molar-refractivity contribution in [2.45, 2.75) is 38.8 Å². The maximum absolute atomic E-state index is 11.5. The fourth-order valence-electron chi connectivity index (χ4n) is 2.12. The summed E-state index contributed by atoms with van der Waals surface area (Å²) in [6.07, 6.45) is 1.31. The standard InChI is InChI=1S/C15H24ClNO3S/c1-4-21(18,19)10-6-9-15(17-3)12(2)20-14-8-5-7-13(16)11-14/h5,7-8,11-12,15,17H,4,6,9-10H2,1-3H3. The second-order valence-electron chi connectivity index (χ2n) is 5.05. The van der Waals surface area contributed by atoms with Gasteiger partial charge in [-0.2, -0.15) is 0 Å². The third-order valence-electron chi connectivity index (χ3n) is 3.47. The van der Waals surface area contributed by atoms with Gasteiger partial charge >= 0.3 is 0 Å². The number of rotatable bonds is 9. The molecule has 0 radical (unpaired) electrons. The van der Waals surface area contributed by atoms with Crippen LogP contribution < -0.4 is 10.1 Å². The highest BCUT2D eigenvalue weighted by molar-refractivity contribution is 7.91. The average molecular weight is 334 g/mol. The van der Waals surface area contributed by atoms with Crippen LogP contribution in [-0.4, -0.2) is 39.1 Å². The van der Waals surface area contributed by atoms with Crippen LogP contribution in [0, 0.1) is 0 Å². The normalized spacial score (nSPS) is 14.7. The predicted octanol–water partition coefficient (Wildman–Crippen LogP) is 2.91. The molecule has 0 fully saturated rings. The number of halogens is 1. The van der Waals surface area contributed by atoms with Crippen LogP contribution in [0.1, 0.15) is 26.7 Å². The maximum atomic E-state index is 11.5. The van der Waals surface area contributed by atoms with Gasteiger partial charge < -0.3 is 10.1 Å². The highest BCUT2D eigenvalue weighted by Gasteiger charge is 2.18. The molecule has 0 saturated heterocycles. The summed E-state index contributed by atoms with van der Waals surface area (Å²) in [5.74, 6) is 1.15. The molecule has 0 spiro atoms. The summed E-state index contributed by atoms with van der Waals surface area (Å²) in [5.41, 5.74) is 0. The molecule has 0 aromatic heterocycles. The van der Waals surface area contributed by atoms with Crippen LogP contribution in [0.3, 0.4) is 0 Å². The monoisotopic (exact) mass is 333 g/mol. The van der Waals surface area contributed by atoms with Crippen LogP contribution in [0.5, 0.6) is 5.75 Å². The van der Waals surface area contributed by atoms with Crippen LogP contribution in [0.2, 0.25) is 5.02 Å². The lowest BCUT2D eigenvalue weighted by molar-refractivity contribution is 0.168. The Bertz CT molecular complexity index is 533. The smallest absolute Gasteiger partial charge is 0.150 e. The van der Waals surface area contributed by atoms with E-state index in [9.17, 15) is 8.42 Å². The van der Waals surface area contributed by atoms with Gasteiger partial charge in [0.15, 0.2) is 0 Å². The third-order valence-corrected chi connectivity index (χ3v) is 5.49. The molecule has 0 aliphatic heterocycles. The van der Waals surface area contributed by atoms with Gasteiger partial charge in [0.05, 0.1) is 5.75 Å². The first kappa shape index (κ1) is 18.3. The molecule has 1 aromatic carbocycles. The second kappa shape index (κ2) is 8.61. The molecule has 1 N–H and O–H groups in total. The molecular weight excluding hydrogens is 310 g/mol. The summed E-state index contributed by atoms with van der Waals surface area (Å²) in [5, 5.41) is 3.82.